The fraction of sp³-hybridized carbons (Fsp3) is 0.700. The van der Waals surface area contributed by atoms with E-state index in [1.54, 1.807) is 6.20 Å². The normalized spacial score (nSPS) is 15.9. The van der Waals surface area contributed by atoms with E-state index in [0.29, 0.717) is 12.0 Å². The van der Waals surface area contributed by atoms with E-state index < -0.39 is 0 Å². The lowest BCUT2D eigenvalue weighted by Crippen LogP contribution is -2.03. The van der Waals surface area contributed by atoms with Gasteiger partial charge in [-0.1, -0.05) is 13.8 Å². The van der Waals surface area contributed by atoms with Gasteiger partial charge in [-0.25, -0.2) is 0 Å². The van der Waals surface area contributed by atoms with Gasteiger partial charge in [0.15, 0.2) is 0 Å². The maximum absolute atomic E-state index is 5.48. The maximum Gasteiger partial charge on any atom is 0.0443 e. The standard InChI is InChI=1S/C10H20N2/c1-5-9(4)10(6-11)7-12-8(2)3/h6-9H,5,11H2,1-4H3/t9-/m1/s1. The molecule has 0 aromatic rings. The van der Waals surface area contributed by atoms with Gasteiger partial charge >= 0.3 is 0 Å². The molecule has 0 rings (SSSR count). The number of rotatable bonds is 4. The van der Waals surface area contributed by atoms with Crippen LogP contribution in [0.2, 0.25) is 0 Å². The monoisotopic (exact) mass is 168 g/mol. The fourth-order valence-corrected chi connectivity index (χ4v) is 0.805. The van der Waals surface area contributed by atoms with E-state index >= 15 is 0 Å². The summed E-state index contributed by atoms with van der Waals surface area (Å²) < 4.78 is 0. The highest BCUT2D eigenvalue weighted by Gasteiger charge is 2.02. The van der Waals surface area contributed by atoms with Crippen LogP contribution in [0.15, 0.2) is 16.8 Å². The molecular formula is C10H20N2. The average Bonchev–Trinajstić information content (AvgIpc) is 2.04. The Morgan fingerprint density at radius 2 is 2.00 bits per heavy atom. The lowest BCUT2D eigenvalue weighted by molar-refractivity contribution is 0.677. The molecule has 0 aromatic heterocycles. The molecule has 0 fully saturated rings. The zero-order valence-electron chi connectivity index (χ0n) is 8.54. The number of hydrogen-bond acceptors (Lipinski definition) is 2. The number of nitrogens with zero attached hydrogens (tertiary/aromatic N) is 1. The summed E-state index contributed by atoms with van der Waals surface area (Å²) in [6.45, 7) is 8.42. The van der Waals surface area contributed by atoms with Crippen molar-refractivity contribution in [2.24, 2.45) is 16.6 Å². The van der Waals surface area contributed by atoms with Crippen molar-refractivity contribution in [2.75, 3.05) is 0 Å². The largest absolute Gasteiger partial charge is 0.404 e. The number of aliphatic imine (C=N–C) groups is 1. The van der Waals surface area contributed by atoms with E-state index in [1.807, 2.05) is 6.21 Å². The first-order chi connectivity index (χ1) is 5.61. The Hall–Kier alpha value is -0.790. The van der Waals surface area contributed by atoms with Crippen molar-refractivity contribution in [3.05, 3.63) is 11.8 Å². The Kier molecular flexibility index (Phi) is 5.43. The molecule has 12 heavy (non-hydrogen) atoms. The Labute approximate surface area is 75.6 Å². The van der Waals surface area contributed by atoms with Crippen molar-refractivity contribution < 1.29 is 0 Å². The van der Waals surface area contributed by atoms with Crippen molar-refractivity contribution in [3.63, 3.8) is 0 Å². The van der Waals surface area contributed by atoms with Crippen LogP contribution in [0.25, 0.3) is 0 Å². The third kappa shape index (κ3) is 4.16. The first-order valence-corrected chi connectivity index (χ1v) is 4.56. The second-order valence-electron chi connectivity index (χ2n) is 3.35. The predicted octanol–water partition coefficient (Wildman–Crippen LogP) is 2.35. The summed E-state index contributed by atoms with van der Waals surface area (Å²) in [5, 5.41) is 0. The summed E-state index contributed by atoms with van der Waals surface area (Å²) >= 11 is 0. The predicted molar refractivity (Wildman–Crippen MR) is 55.4 cm³/mol. The van der Waals surface area contributed by atoms with Gasteiger partial charge in [0, 0.05) is 12.3 Å². The van der Waals surface area contributed by atoms with Crippen LogP contribution in [-0.4, -0.2) is 12.3 Å². The van der Waals surface area contributed by atoms with Crippen molar-refractivity contribution >= 4 is 6.21 Å². The highest BCUT2D eigenvalue weighted by Crippen LogP contribution is 2.10. The molecule has 2 nitrogen and oxygen atoms in total. The van der Waals surface area contributed by atoms with Gasteiger partial charge in [-0.3, -0.25) is 4.99 Å². The van der Waals surface area contributed by atoms with Crippen molar-refractivity contribution in [1.82, 2.24) is 0 Å². The SMILES string of the molecule is CC[C@@H](C)C(C=NC(C)C)=CN. The molecule has 1 atom stereocenters. The van der Waals surface area contributed by atoms with Crippen LogP contribution < -0.4 is 5.73 Å². The molecule has 0 saturated carbocycles. The van der Waals surface area contributed by atoms with Gasteiger partial charge in [-0.05, 0) is 38.0 Å². The van der Waals surface area contributed by atoms with Gasteiger partial charge in [0.2, 0.25) is 0 Å². The van der Waals surface area contributed by atoms with Gasteiger partial charge in [0.25, 0.3) is 0 Å². The molecule has 2 heteroatoms. The maximum atomic E-state index is 5.48. The van der Waals surface area contributed by atoms with Crippen molar-refractivity contribution in [2.45, 2.75) is 40.2 Å². The van der Waals surface area contributed by atoms with Crippen LogP contribution >= 0.6 is 0 Å². The summed E-state index contributed by atoms with van der Waals surface area (Å²) in [7, 11) is 0. The quantitative estimate of drug-likeness (QED) is 0.643. The third-order valence-electron chi connectivity index (χ3n) is 1.90. The molecule has 0 amide bonds. The molecule has 0 aromatic carbocycles. The highest BCUT2D eigenvalue weighted by atomic mass is 14.7. The minimum absolute atomic E-state index is 0.351. The third-order valence-corrected chi connectivity index (χ3v) is 1.90. The van der Waals surface area contributed by atoms with Crippen molar-refractivity contribution in [3.8, 4) is 0 Å². The summed E-state index contributed by atoms with van der Waals surface area (Å²) in [4.78, 5) is 4.29. The van der Waals surface area contributed by atoms with Gasteiger partial charge in [0.05, 0.1) is 0 Å². The number of hydrogen-bond donors (Lipinski definition) is 1. The summed E-state index contributed by atoms with van der Waals surface area (Å²) in [6, 6.07) is 0.351. The molecule has 0 aliphatic heterocycles. The number of nitrogens with two attached hydrogens (primary N) is 1. The molecule has 0 spiro atoms. The lowest BCUT2D eigenvalue weighted by Gasteiger charge is -2.08. The Morgan fingerprint density at radius 3 is 2.33 bits per heavy atom. The highest BCUT2D eigenvalue weighted by molar-refractivity contribution is 5.79. The molecule has 0 heterocycles. The van der Waals surface area contributed by atoms with Crippen LogP contribution in [0, 0.1) is 5.92 Å². The lowest BCUT2D eigenvalue weighted by atomic mass is 10.0. The zero-order valence-corrected chi connectivity index (χ0v) is 8.54. The van der Waals surface area contributed by atoms with Gasteiger partial charge in [-0.15, -0.1) is 0 Å². The Balaban J connectivity index is 4.19. The molecule has 0 bridgehead atoms. The van der Waals surface area contributed by atoms with Crippen LogP contribution in [0.3, 0.4) is 0 Å². The fourth-order valence-electron chi connectivity index (χ4n) is 0.805. The number of allylic oxidation sites excluding steroid dienone is 1. The van der Waals surface area contributed by atoms with E-state index in [4.69, 9.17) is 5.73 Å². The molecule has 0 saturated heterocycles. The first kappa shape index (κ1) is 11.2. The van der Waals surface area contributed by atoms with Gasteiger partial charge in [-0.2, -0.15) is 0 Å². The van der Waals surface area contributed by atoms with Crippen LogP contribution in [-0.2, 0) is 0 Å². The molecular weight excluding hydrogens is 148 g/mol. The first-order valence-electron chi connectivity index (χ1n) is 4.56. The molecule has 0 radical (unpaired) electrons. The zero-order chi connectivity index (χ0) is 9.56. The van der Waals surface area contributed by atoms with E-state index in [0.717, 1.165) is 12.0 Å². The van der Waals surface area contributed by atoms with Crippen molar-refractivity contribution in [1.29, 1.82) is 0 Å². The topological polar surface area (TPSA) is 38.4 Å². The summed E-state index contributed by atoms with van der Waals surface area (Å²) in [5.74, 6) is 0.512. The molecule has 0 unspecified atom stereocenters. The molecule has 0 aliphatic carbocycles. The van der Waals surface area contributed by atoms with E-state index in [2.05, 4.69) is 32.7 Å². The molecule has 0 aliphatic rings. The van der Waals surface area contributed by atoms with Gasteiger partial charge in [0.1, 0.15) is 0 Å². The average molecular weight is 168 g/mol. The van der Waals surface area contributed by atoms with E-state index in [1.165, 1.54) is 0 Å². The minimum atomic E-state index is 0.351. The Morgan fingerprint density at radius 1 is 1.42 bits per heavy atom. The minimum Gasteiger partial charge on any atom is -0.404 e. The van der Waals surface area contributed by atoms with Gasteiger partial charge < -0.3 is 5.73 Å². The molecule has 70 valence electrons. The smallest absolute Gasteiger partial charge is 0.0443 e. The molecule has 2 N–H and O–H groups in total. The summed E-state index contributed by atoms with van der Waals surface area (Å²) in [6.07, 6.45) is 4.64. The van der Waals surface area contributed by atoms with Crippen LogP contribution in [0.5, 0.6) is 0 Å². The second-order valence-corrected chi connectivity index (χ2v) is 3.35. The van der Waals surface area contributed by atoms with Crippen LogP contribution in [0.1, 0.15) is 34.1 Å². The second kappa shape index (κ2) is 5.81. The Bertz CT molecular complexity index is 169. The van der Waals surface area contributed by atoms with E-state index in [-0.39, 0.29) is 0 Å². The summed E-state index contributed by atoms with van der Waals surface area (Å²) in [5.41, 5.74) is 6.61. The van der Waals surface area contributed by atoms with Crippen LogP contribution in [0.4, 0.5) is 0 Å². The van der Waals surface area contributed by atoms with E-state index in [9.17, 15) is 0 Å².